The average molecular weight is 173 g/mol. The van der Waals surface area contributed by atoms with Crippen LogP contribution < -0.4 is 5.73 Å². The minimum Gasteiger partial charge on any atom is -0.400 e. The molecule has 0 aliphatic carbocycles. The van der Waals surface area contributed by atoms with E-state index in [-0.39, 0.29) is 0 Å². The Kier molecular flexibility index (Phi) is 7.46. The van der Waals surface area contributed by atoms with Crippen molar-refractivity contribution in [1.29, 1.82) is 0 Å². The molecule has 0 aliphatic heterocycles. The first-order valence-corrected chi connectivity index (χ1v) is 4.48. The largest absolute Gasteiger partial charge is 0.400 e. The zero-order valence-corrected chi connectivity index (χ0v) is 7.60. The van der Waals surface area contributed by atoms with Gasteiger partial charge in [0.2, 0.25) is 0 Å². The Morgan fingerprint density at radius 2 is 2.27 bits per heavy atom. The molecule has 1 aromatic heterocycles. The summed E-state index contributed by atoms with van der Waals surface area (Å²) in [4.78, 5) is 1.44. The molecule has 0 unspecified atom stereocenters. The maximum absolute atomic E-state index is 7.00. The molecule has 1 aromatic rings. The van der Waals surface area contributed by atoms with Crippen LogP contribution in [0.15, 0.2) is 17.5 Å². The molecule has 0 radical (unpaired) electrons. The first-order chi connectivity index (χ1) is 5.43. The van der Waals surface area contributed by atoms with E-state index in [4.69, 9.17) is 10.8 Å². The molecule has 0 atom stereocenters. The van der Waals surface area contributed by atoms with Gasteiger partial charge in [0.25, 0.3) is 0 Å². The number of rotatable bonds is 3. The van der Waals surface area contributed by atoms with E-state index < -0.39 is 0 Å². The van der Waals surface area contributed by atoms with Gasteiger partial charge in [-0.3, -0.25) is 0 Å². The van der Waals surface area contributed by atoms with Gasteiger partial charge in [0.15, 0.2) is 0 Å². The molecule has 1 rings (SSSR count). The highest BCUT2D eigenvalue weighted by Gasteiger charge is 1.89. The predicted molar refractivity (Wildman–Crippen MR) is 49.8 cm³/mol. The Labute approximate surface area is 71.7 Å². The number of aliphatic hydroxyl groups is 1. The maximum atomic E-state index is 7.00. The third kappa shape index (κ3) is 4.95. The number of nitrogens with two attached hydrogens (primary N) is 1. The van der Waals surface area contributed by atoms with Crippen molar-refractivity contribution in [2.75, 3.05) is 13.7 Å². The summed E-state index contributed by atoms with van der Waals surface area (Å²) in [6.07, 6.45) is 2.26. The Morgan fingerprint density at radius 3 is 2.73 bits per heavy atom. The molecule has 0 fully saturated rings. The topological polar surface area (TPSA) is 46.2 Å². The quantitative estimate of drug-likeness (QED) is 0.722. The summed E-state index contributed by atoms with van der Waals surface area (Å²) in [5.74, 6) is 0. The highest BCUT2D eigenvalue weighted by atomic mass is 32.1. The Bertz CT molecular complexity index is 151. The molecule has 2 nitrogen and oxygen atoms in total. The lowest BCUT2D eigenvalue weighted by Gasteiger charge is -1.90. The van der Waals surface area contributed by atoms with Crippen LogP contribution in [0.5, 0.6) is 0 Å². The van der Waals surface area contributed by atoms with Crippen molar-refractivity contribution in [2.24, 2.45) is 5.73 Å². The minimum atomic E-state index is 0.803. The SMILES string of the molecule is CO.NCCCc1cccs1. The second-order valence-electron chi connectivity index (χ2n) is 1.97. The summed E-state index contributed by atoms with van der Waals surface area (Å²) >= 11 is 1.81. The molecule has 0 saturated heterocycles. The van der Waals surface area contributed by atoms with Crippen LogP contribution in [0.1, 0.15) is 11.3 Å². The predicted octanol–water partition coefficient (Wildman–Crippen LogP) is 1.25. The summed E-state index contributed by atoms with van der Waals surface area (Å²) in [5.41, 5.74) is 5.35. The van der Waals surface area contributed by atoms with Crippen molar-refractivity contribution in [3.05, 3.63) is 22.4 Å². The zero-order valence-electron chi connectivity index (χ0n) is 6.79. The first-order valence-electron chi connectivity index (χ1n) is 3.60. The van der Waals surface area contributed by atoms with E-state index in [1.165, 1.54) is 4.88 Å². The van der Waals surface area contributed by atoms with Gasteiger partial charge < -0.3 is 10.8 Å². The highest BCUT2D eigenvalue weighted by molar-refractivity contribution is 7.09. The zero-order chi connectivity index (χ0) is 8.53. The van der Waals surface area contributed by atoms with E-state index in [1.807, 2.05) is 11.3 Å². The van der Waals surface area contributed by atoms with Gasteiger partial charge in [0.05, 0.1) is 0 Å². The fourth-order valence-electron chi connectivity index (χ4n) is 0.731. The number of hydrogen-bond acceptors (Lipinski definition) is 3. The van der Waals surface area contributed by atoms with E-state index in [9.17, 15) is 0 Å². The van der Waals surface area contributed by atoms with E-state index in [1.54, 1.807) is 0 Å². The van der Waals surface area contributed by atoms with Crippen LogP contribution in [0.4, 0.5) is 0 Å². The van der Waals surface area contributed by atoms with E-state index in [0.29, 0.717) is 0 Å². The first kappa shape index (κ1) is 10.6. The lowest BCUT2D eigenvalue weighted by molar-refractivity contribution is 0.399. The van der Waals surface area contributed by atoms with Crippen molar-refractivity contribution in [3.8, 4) is 0 Å². The smallest absolute Gasteiger partial charge is 0.0319 e. The van der Waals surface area contributed by atoms with Crippen LogP contribution in [0.3, 0.4) is 0 Å². The van der Waals surface area contributed by atoms with Gasteiger partial charge in [-0.15, -0.1) is 11.3 Å². The lowest BCUT2D eigenvalue weighted by atomic mass is 10.3. The van der Waals surface area contributed by atoms with Gasteiger partial charge in [0.1, 0.15) is 0 Å². The maximum Gasteiger partial charge on any atom is 0.0319 e. The molecule has 0 saturated carbocycles. The Morgan fingerprint density at radius 1 is 1.55 bits per heavy atom. The molecular weight excluding hydrogens is 158 g/mol. The average Bonchev–Trinajstić information content (AvgIpc) is 2.57. The van der Waals surface area contributed by atoms with Crippen LogP contribution in [0.2, 0.25) is 0 Å². The van der Waals surface area contributed by atoms with Crippen LogP contribution in [0.25, 0.3) is 0 Å². The molecule has 3 heteroatoms. The fraction of sp³-hybridized carbons (Fsp3) is 0.500. The van der Waals surface area contributed by atoms with Gasteiger partial charge >= 0.3 is 0 Å². The normalized spacial score (nSPS) is 8.64. The Balaban J connectivity index is 0.000000461. The standard InChI is InChI=1S/C7H11NS.CH4O/c8-5-1-3-7-4-2-6-9-7;1-2/h2,4,6H,1,3,5,8H2;2H,1H3. The van der Waals surface area contributed by atoms with Crippen molar-refractivity contribution in [3.63, 3.8) is 0 Å². The van der Waals surface area contributed by atoms with Crippen LogP contribution in [0, 0.1) is 0 Å². The van der Waals surface area contributed by atoms with Crippen LogP contribution in [-0.2, 0) is 6.42 Å². The summed E-state index contributed by atoms with van der Waals surface area (Å²) in [6.45, 7) is 0.803. The lowest BCUT2D eigenvalue weighted by Crippen LogP contribution is -1.98. The van der Waals surface area contributed by atoms with E-state index in [2.05, 4.69) is 17.5 Å². The van der Waals surface area contributed by atoms with Crippen molar-refractivity contribution in [2.45, 2.75) is 12.8 Å². The third-order valence-electron chi connectivity index (χ3n) is 1.21. The molecule has 11 heavy (non-hydrogen) atoms. The van der Waals surface area contributed by atoms with Gasteiger partial charge in [-0.1, -0.05) is 6.07 Å². The molecule has 0 aromatic carbocycles. The molecule has 0 amide bonds. The molecule has 3 N–H and O–H groups in total. The van der Waals surface area contributed by atoms with Gasteiger partial charge in [0, 0.05) is 12.0 Å². The van der Waals surface area contributed by atoms with E-state index in [0.717, 1.165) is 26.5 Å². The number of aryl methyl sites for hydroxylation is 1. The van der Waals surface area contributed by atoms with Crippen LogP contribution in [-0.4, -0.2) is 18.8 Å². The molecule has 64 valence electrons. The van der Waals surface area contributed by atoms with Crippen LogP contribution >= 0.6 is 11.3 Å². The molecular formula is C8H15NOS. The van der Waals surface area contributed by atoms with Gasteiger partial charge in [-0.05, 0) is 30.8 Å². The van der Waals surface area contributed by atoms with Crippen molar-refractivity contribution < 1.29 is 5.11 Å². The molecule has 1 heterocycles. The summed E-state index contributed by atoms with van der Waals surface area (Å²) < 4.78 is 0. The fourth-order valence-corrected chi connectivity index (χ4v) is 1.48. The Hall–Kier alpha value is -0.380. The summed E-state index contributed by atoms with van der Waals surface area (Å²) in [6, 6.07) is 4.23. The van der Waals surface area contributed by atoms with Gasteiger partial charge in [-0.25, -0.2) is 0 Å². The number of thiophene rings is 1. The molecule has 0 spiro atoms. The van der Waals surface area contributed by atoms with Crippen molar-refractivity contribution >= 4 is 11.3 Å². The van der Waals surface area contributed by atoms with Crippen molar-refractivity contribution in [1.82, 2.24) is 0 Å². The summed E-state index contributed by atoms with van der Waals surface area (Å²) in [5, 5.41) is 9.10. The number of aliphatic hydroxyl groups excluding tert-OH is 1. The number of hydrogen-bond donors (Lipinski definition) is 2. The second kappa shape index (κ2) is 7.72. The van der Waals surface area contributed by atoms with Gasteiger partial charge in [-0.2, -0.15) is 0 Å². The third-order valence-corrected chi connectivity index (χ3v) is 2.14. The molecule has 0 bridgehead atoms. The second-order valence-corrected chi connectivity index (χ2v) is 3.00. The highest BCUT2D eigenvalue weighted by Crippen LogP contribution is 2.09. The van der Waals surface area contributed by atoms with E-state index >= 15 is 0 Å². The molecule has 0 aliphatic rings. The summed E-state index contributed by atoms with van der Waals surface area (Å²) in [7, 11) is 1.00. The minimum absolute atomic E-state index is 0.803. The monoisotopic (exact) mass is 173 g/mol.